The molecule has 0 aliphatic rings. The van der Waals surface area contributed by atoms with Gasteiger partial charge < -0.3 is 14.9 Å². The van der Waals surface area contributed by atoms with Gasteiger partial charge in [-0.25, -0.2) is 0 Å². The number of nitrogens with zero attached hydrogens (tertiary/aromatic N) is 1. The quantitative estimate of drug-likeness (QED) is 0.650. The number of thiazole rings is 1. The zero-order valence-electron chi connectivity index (χ0n) is 12.6. The molecule has 2 N–H and O–H groups in total. The molecule has 0 amide bonds. The number of carboxylic acids is 1. The minimum absolute atomic E-state index is 0.0389. The molecule has 24 heavy (non-hydrogen) atoms. The Morgan fingerprint density at radius 2 is 2.08 bits per heavy atom. The largest absolute Gasteiger partial charge is 0.493 e. The molecule has 0 saturated carbocycles. The topological polar surface area (TPSA) is 71.7 Å². The van der Waals surface area contributed by atoms with Crippen LogP contribution in [0.25, 0.3) is 6.08 Å². The Hall–Kier alpha value is -1.83. The number of benzene rings is 1. The van der Waals surface area contributed by atoms with Crippen LogP contribution in [0.15, 0.2) is 30.3 Å². The number of aliphatic carboxylic acids is 1. The van der Waals surface area contributed by atoms with E-state index in [0.717, 1.165) is 0 Å². The van der Waals surface area contributed by atoms with Crippen LogP contribution >= 0.6 is 35.2 Å². The molecular weight excluding hydrogens is 370 g/mol. The van der Waals surface area contributed by atoms with Crippen LogP contribution < -0.4 is 4.74 Å². The number of hydrogen-bond acceptors (Lipinski definition) is 5. The van der Waals surface area contributed by atoms with E-state index >= 15 is 0 Å². The Labute approximate surface area is 153 Å². The predicted molar refractivity (Wildman–Crippen MR) is 97.7 cm³/mol. The number of rotatable bonds is 8. The standard InChI is InChI=1S/C16H16ClNO4S2/c17-11-5-7-12(8-6-11)22-10-2-3-13-15(21)18(16(23)24-13)9-1-4-14(19)20/h2-3,5-8,21H,1,4,9-10H2,(H,19,20). The van der Waals surface area contributed by atoms with E-state index in [9.17, 15) is 9.90 Å². The fourth-order valence-electron chi connectivity index (χ4n) is 1.94. The number of aromatic hydroxyl groups is 1. The highest BCUT2D eigenvalue weighted by molar-refractivity contribution is 7.73. The van der Waals surface area contributed by atoms with Crippen LogP contribution in [0, 0.1) is 3.95 Å². The highest BCUT2D eigenvalue weighted by atomic mass is 35.5. The monoisotopic (exact) mass is 385 g/mol. The molecule has 0 spiro atoms. The maximum atomic E-state index is 10.5. The average Bonchev–Trinajstić information content (AvgIpc) is 2.80. The summed E-state index contributed by atoms with van der Waals surface area (Å²) in [7, 11) is 0. The Morgan fingerprint density at radius 3 is 2.75 bits per heavy atom. The molecule has 5 nitrogen and oxygen atoms in total. The summed E-state index contributed by atoms with van der Waals surface area (Å²) >= 11 is 12.3. The van der Waals surface area contributed by atoms with Crippen LogP contribution in [0.3, 0.4) is 0 Å². The average molecular weight is 386 g/mol. The summed E-state index contributed by atoms with van der Waals surface area (Å²) in [6.07, 6.45) is 3.96. The molecular formula is C16H16ClNO4S2. The molecule has 8 heteroatoms. The third kappa shape index (κ3) is 5.36. The lowest BCUT2D eigenvalue weighted by molar-refractivity contribution is -0.137. The number of ether oxygens (including phenoxy) is 1. The lowest BCUT2D eigenvalue weighted by Crippen LogP contribution is -2.01. The van der Waals surface area contributed by atoms with Crippen molar-refractivity contribution in [1.29, 1.82) is 0 Å². The van der Waals surface area contributed by atoms with Gasteiger partial charge in [0.2, 0.25) is 5.88 Å². The second-order valence-corrected chi connectivity index (χ2v) is 6.98. The van der Waals surface area contributed by atoms with Crippen LogP contribution in [-0.2, 0) is 11.3 Å². The highest BCUT2D eigenvalue weighted by Crippen LogP contribution is 2.27. The summed E-state index contributed by atoms with van der Waals surface area (Å²) in [6, 6.07) is 7.04. The van der Waals surface area contributed by atoms with E-state index in [2.05, 4.69) is 0 Å². The van der Waals surface area contributed by atoms with E-state index in [0.29, 0.717) is 39.2 Å². The molecule has 1 aromatic carbocycles. The molecule has 128 valence electrons. The zero-order valence-corrected chi connectivity index (χ0v) is 15.0. The van der Waals surface area contributed by atoms with Gasteiger partial charge in [0.1, 0.15) is 12.4 Å². The summed E-state index contributed by atoms with van der Waals surface area (Å²) in [5.74, 6) is -0.110. The number of hydrogen-bond donors (Lipinski definition) is 2. The van der Waals surface area contributed by atoms with Crippen LogP contribution in [-0.4, -0.2) is 27.4 Å². The van der Waals surface area contributed by atoms with E-state index in [-0.39, 0.29) is 12.3 Å². The summed E-state index contributed by atoms with van der Waals surface area (Å²) in [5.41, 5.74) is 0. The zero-order chi connectivity index (χ0) is 17.5. The van der Waals surface area contributed by atoms with Gasteiger partial charge in [-0.15, -0.1) is 11.3 Å². The fraction of sp³-hybridized carbons (Fsp3) is 0.250. The summed E-state index contributed by atoms with van der Waals surface area (Å²) < 4.78 is 7.58. The van der Waals surface area contributed by atoms with Gasteiger partial charge in [-0.2, -0.15) is 0 Å². The molecule has 0 saturated heterocycles. The normalized spacial score (nSPS) is 11.0. The number of aromatic nitrogens is 1. The van der Waals surface area contributed by atoms with Crippen molar-refractivity contribution in [2.45, 2.75) is 19.4 Å². The third-order valence-electron chi connectivity index (χ3n) is 3.10. The van der Waals surface area contributed by atoms with Crippen molar-refractivity contribution >= 4 is 47.2 Å². The summed E-state index contributed by atoms with van der Waals surface area (Å²) in [5, 5.41) is 19.5. The molecule has 1 heterocycles. The van der Waals surface area contributed by atoms with Crippen molar-refractivity contribution in [3.63, 3.8) is 0 Å². The van der Waals surface area contributed by atoms with Gasteiger partial charge in [-0.3, -0.25) is 9.36 Å². The molecule has 0 atom stereocenters. The lowest BCUT2D eigenvalue weighted by atomic mass is 10.3. The van der Waals surface area contributed by atoms with E-state index in [1.807, 2.05) is 0 Å². The second-order valence-electron chi connectivity index (χ2n) is 4.87. The Kier molecular flexibility index (Phi) is 6.84. The van der Waals surface area contributed by atoms with Gasteiger partial charge >= 0.3 is 5.97 Å². The van der Waals surface area contributed by atoms with Crippen molar-refractivity contribution in [2.24, 2.45) is 0 Å². The SMILES string of the molecule is O=C(O)CCCn1c(O)c(C=CCOc2ccc(Cl)cc2)sc1=S. The fourth-order valence-corrected chi connectivity index (χ4v) is 3.35. The van der Waals surface area contributed by atoms with E-state index in [4.69, 9.17) is 33.7 Å². The van der Waals surface area contributed by atoms with Crippen molar-refractivity contribution in [1.82, 2.24) is 4.57 Å². The van der Waals surface area contributed by atoms with E-state index in [1.54, 1.807) is 41.0 Å². The van der Waals surface area contributed by atoms with Gasteiger partial charge in [0.05, 0.1) is 4.88 Å². The first-order chi connectivity index (χ1) is 11.5. The van der Waals surface area contributed by atoms with Gasteiger partial charge in [-0.1, -0.05) is 11.6 Å². The van der Waals surface area contributed by atoms with Gasteiger partial charge in [0.25, 0.3) is 0 Å². The molecule has 0 aliphatic heterocycles. The first kappa shape index (κ1) is 18.5. The van der Waals surface area contributed by atoms with Crippen molar-refractivity contribution in [3.05, 3.63) is 44.2 Å². The van der Waals surface area contributed by atoms with Gasteiger partial charge in [0.15, 0.2) is 3.95 Å². The summed E-state index contributed by atoms with van der Waals surface area (Å²) in [6.45, 7) is 0.716. The minimum Gasteiger partial charge on any atom is -0.493 e. The first-order valence-corrected chi connectivity index (χ1v) is 8.77. The van der Waals surface area contributed by atoms with Crippen LogP contribution in [0.2, 0.25) is 5.02 Å². The molecule has 0 fully saturated rings. The van der Waals surface area contributed by atoms with Crippen LogP contribution in [0.1, 0.15) is 17.7 Å². The molecule has 0 bridgehead atoms. The number of halogens is 1. The number of carbonyl (C=O) groups is 1. The van der Waals surface area contributed by atoms with Crippen molar-refractivity contribution in [2.75, 3.05) is 6.61 Å². The molecule has 0 unspecified atom stereocenters. The third-order valence-corrected chi connectivity index (χ3v) is 4.75. The lowest BCUT2D eigenvalue weighted by Gasteiger charge is -2.03. The minimum atomic E-state index is -0.865. The van der Waals surface area contributed by atoms with E-state index in [1.165, 1.54) is 11.3 Å². The van der Waals surface area contributed by atoms with Gasteiger partial charge in [-0.05, 0) is 55.1 Å². The molecule has 0 aliphatic carbocycles. The van der Waals surface area contributed by atoms with Gasteiger partial charge in [0, 0.05) is 18.0 Å². The molecule has 0 radical (unpaired) electrons. The summed E-state index contributed by atoms with van der Waals surface area (Å²) in [4.78, 5) is 11.2. The maximum Gasteiger partial charge on any atom is 0.303 e. The van der Waals surface area contributed by atoms with Crippen LogP contribution in [0.5, 0.6) is 11.6 Å². The van der Waals surface area contributed by atoms with E-state index < -0.39 is 5.97 Å². The number of carboxylic acid groups (broad SMARTS) is 1. The van der Waals surface area contributed by atoms with Crippen molar-refractivity contribution < 1.29 is 19.7 Å². The first-order valence-electron chi connectivity index (χ1n) is 7.16. The molecule has 1 aromatic heterocycles. The Morgan fingerprint density at radius 1 is 1.38 bits per heavy atom. The maximum absolute atomic E-state index is 10.5. The highest BCUT2D eigenvalue weighted by Gasteiger charge is 2.09. The van der Waals surface area contributed by atoms with Crippen LogP contribution in [0.4, 0.5) is 0 Å². The molecule has 2 rings (SSSR count). The Bertz CT molecular complexity index is 780. The second kappa shape index (κ2) is 8.86. The smallest absolute Gasteiger partial charge is 0.303 e. The molecule has 2 aromatic rings. The predicted octanol–water partition coefficient (Wildman–Crippen LogP) is 4.60. The van der Waals surface area contributed by atoms with Crippen molar-refractivity contribution in [3.8, 4) is 11.6 Å². The Balaban J connectivity index is 1.93.